The second kappa shape index (κ2) is 7.43. The molecule has 0 aromatic heterocycles. The maximum Gasteiger partial charge on any atom is 0.328 e. The van der Waals surface area contributed by atoms with Gasteiger partial charge in [-0.15, -0.1) is 0 Å². The van der Waals surface area contributed by atoms with Gasteiger partial charge in [0, 0.05) is 6.21 Å². The minimum absolute atomic E-state index is 0.0281. The first kappa shape index (κ1) is 21.8. The molecular formula is C17H18ClN3O8S. The predicted octanol–water partition coefficient (Wildman–Crippen LogP) is 0.272. The molecule has 0 bridgehead atoms. The lowest BCUT2D eigenvalue weighted by Gasteiger charge is -2.35. The lowest BCUT2D eigenvalue weighted by atomic mass is 9.97. The van der Waals surface area contributed by atoms with Crippen LogP contribution >= 0.6 is 11.6 Å². The van der Waals surface area contributed by atoms with Gasteiger partial charge in [-0.25, -0.2) is 18.6 Å². The Balaban J connectivity index is 1.88. The van der Waals surface area contributed by atoms with Crippen LogP contribution in [-0.2, 0) is 19.4 Å². The number of carboxylic acids is 1. The van der Waals surface area contributed by atoms with Crippen molar-refractivity contribution in [3.8, 4) is 11.5 Å². The number of rotatable bonds is 6. The number of nitrogens with one attached hydrogen (secondary N) is 1. The van der Waals surface area contributed by atoms with E-state index in [0.29, 0.717) is 5.75 Å². The van der Waals surface area contributed by atoms with Crippen LogP contribution in [0.15, 0.2) is 17.2 Å². The number of benzene rings is 1. The van der Waals surface area contributed by atoms with Gasteiger partial charge in [0.2, 0.25) is 5.91 Å². The standard InChI is InChI=1S/C17H18ClN3O8S/c1-17(14(16(24)25)21-10(22)6-11(21)30(17,26)27)7-19-20-15(23)8-4-5-9(28-2)13(29-3)12(8)18/h4-5,7,11,14H,6H2,1-3H3,(H,20,23)(H,24,25)/b19-7+/t11-,14+,17+/m1/s1. The van der Waals surface area contributed by atoms with Gasteiger partial charge in [-0.2, -0.15) is 5.10 Å². The van der Waals surface area contributed by atoms with Gasteiger partial charge < -0.3 is 19.5 Å². The van der Waals surface area contributed by atoms with Crippen molar-refractivity contribution in [2.24, 2.45) is 5.10 Å². The number of amides is 2. The number of β-lactam (4-membered cyclic amide) rings is 1. The van der Waals surface area contributed by atoms with Gasteiger partial charge in [0.15, 0.2) is 27.4 Å². The van der Waals surface area contributed by atoms with Gasteiger partial charge in [-0.05, 0) is 19.1 Å². The van der Waals surface area contributed by atoms with E-state index in [9.17, 15) is 27.9 Å². The molecule has 13 heteroatoms. The SMILES string of the molecule is COc1ccc(C(=O)N/N=C/[C@@]2(C)[C@H](C(=O)O)N3C(=O)C[C@H]3S2(=O)=O)c(Cl)c1OC. The number of hydrogen-bond donors (Lipinski definition) is 2. The molecule has 3 rings (SSSR count). The van der Waals surface area contributed by atoms with Crippen LogP contribution in [0.1, 0.15) is 23.7 Å². The smallest absolute Gasteiger partial charge is 0.328 e. The molecule has 1 aromatic carbocycles. The van der Waals surface area contributed by atoms with Crippen molar-refractivity contribution < 1.29 is 37.4 Å². The minimum atomic E-state index is -4.08. The molecule has 2 aliphatic rings. The minimum Gasteiger partial charge on any atom is -0.493 e. The Hall–Kier alpha value is -2.86. The van der Waals surface area contributed by atoms with Gasteiger partial charge in [-0.1, -0.05) is 11.6 Å². The molecule has 2 heterocycles. The molecular weight excluding hydrogens is 442 g/mol. The Morgan fingerprint density at radius 2 is 2.03 bits per heavy atom. The Bertz CT molecular complexity index is 1070. The average Bonchev–Trinajstić information content (AvgIpc) is 2.82. The lowest BCUT2D eigenvalue weighted by molar-refractivity contribution is -0.156. The van der Waals surface area contributed by atoms with Crippen LogP contribution in [0.25, 0.3) is 0 Å². The summed E-state index contributed by atoms with van der Waals surface area (Å²) in [6, 6.07) is 1.15. The van der Waals surface area contributed by atoms with E-state index in [2.05, 4.69) is 10.5 Å². The Morgan fingerprint density at radius 3 is 2.57 bits per heavy atom. The number of sulfone groups is 1. The third-order valence-electron chi connectivity index (χ3n) is 5.19. The van der Waals surface area contributed by atoms with Gasteiger partial charge in [0.05, 0.1) is 31.2 Å². The first-order valence-electron chi connectivity index (χ1n) is 8.53. The van der Waals surface area contributed by atoms with Crippen molar-refractivity contribution in [3.05, 3.63) is 22.7 Å². The Kier molecular flexibility index (Phi) is 5.41. The van der Waals surface area contributed by atoms with E-state index >= 15 is 0 Å². The largest absolute Gasteiger partial charge is 0.493 e. The molecule has 2 saturated heterocycles. The Labute approximate surface area is 176 Å². The summed E-state index contributed by atoms with van der Waals surface area (Å²) in [5.41, 5.74) is 2.10. The zero-order chi connectivity index (χ0) is 22.4. The van der Waals surface area contributed by atoms with Gasteiger partial charge in [0.25, 0.3) is 5.91 Å². The molecule has 1 aromatic rings. The molecule has 2 aliphatic heterocycles. The maximum atomic E-state index is 12.8. The fourth-order valence-corrected chi connectivity index (χ4v) is 6.08. The highest BCUT2D eigenvalue weighted by molar-refractivity contribution is 7.94. The molecule has 30 heavy (non-hydrogen) atoms. The molecule has 2 amide bonds. The Morgan fingerprint density at radius 1 is 1.37 bits per heavy atom. The van der Waals surface area contributed by atoms with E-state index in [1.54, 1.807) is 0 Å². The number of hydrogen-bond acceptors (Lipinski definition) is 8. The number of methoxy groups -OCH3 is 2. The number of halogens is 1. The number of aliphatic carboxylic acids is 1. The van der Waals surface area contributed by atoms with Gasteiger partial charge in [0.1, 0.15) is 10.1 Å². The molecule has 0 saturated carbocycles. The van der Waals surface area contributed by atoms with Gasteiger partial charge >= 0.3 is 5.97 Å². The average molecular weight is 460 g/mol. The highest BCUT2D eigenvalue weighted by Gasteiger charge is 2.69. The third kappa shape index (κ3) is 2.98. The van der Waals surface area contributed by atoms with Crippen molar-refractivity contribution >= 4 is 45.4 Å². The molecule has 0 unspecified atom stereocenters. The monoisotopic (exact) mass is 459 g/mol. The topological polar surface area (TPSA) is 152 Å². The number of ether oxygens (including phenoxy) is 2. The summed E-state index contributed by atoms with van der Waals surface area (Å²) in [5, 5.41) is 11.9. The fraction of sp³-hybridized carbons (Fsp3) is 0.412. The predicted molar refractivity (Wildman–Crippen MR) is 105 cm³/mol. The van der Waals surface area contributed by atoms with Crippen molar-refractivity contribution in [1.29, 1.82) is 0 Å². The van der Waals surface area contributed by atoms with Crippen LogP contribution in [0.4, 0.5) is 0 Å². The molecule has 11 nitrogen and oxygen atoms in total. The molecule has 3 atom stereocenters. The molecule has 0 radical (unpaired) electrons. The number of carbonyl (C=O) groups excluding carboxylic acids is 2. The molecule has 0 aliphatic carbocycles. The van der Waals surface area contributed by atoms with Crippen molar-refractivity contribution in [3.63, 3.8) is 0 Å². The van der Waals surface area contributed by atoms with Crippen LogP contribution in [0.3, 0.4) is 0 Å². The lowest BCUT2D eigenvalue weighted by Crippen LogP contribution is -2.57. The molecule has 2 N–H and O–H groups in total. The van der Waals surface area contributed by atoms with E-state index in [-0.39, 0.29) is 22.8 Å². The highest BCUT2D eigenvalue weighted by atomic mass is 35.5. The number of carbonyl (C=O) groups is 3. The van der Waals surface area contributed by atoms with Crippen LogP contribution in [0.5, 0.6) is 11.5 Å². The van der Waals surface area contributed by atoms with Crippen LogP contribution in [0.2, 0.25) is 5.02 Å². The summed E-state index contributed by atoms with van der Waals surface area (Å²) < 4.78 is 33.7. The van der Waals surface area contributed by atoms with Crippen molar-refractivity contribution in [2.75, 3.05) is 14.2 Å². The number of nitrogens with zero attached hydrogens (tertiary/aromatic N) is 2. The molecule has 162 valence electrons. The summed E-state index contributed by atoms with van der Waals surface area (Å²) in [7, 11) is -1.35. The van der Waals surface area contributed by atoms with E-state index in [4.69, 9.17) is 21.1 Å². The first-order chi connectivity index (χ1) is 14.0. The number of carboxylic acid groups (broad SMARTS) is 1. The fourth-order valence-electron chi connectivity index (χ4n) is 3.55. The zero-order valence-corrected chi connectivity index (χ0v) is 17.7. The van der Waals surface area contributed by atoms with Crippen molar-refractivity contribution in [2.45, 2.75) is 29.5 Å². The second-order valence-corrected chi connectivity index (χ2v) is 9.68. The molecule has 2 fully saturated rings. The third-order valence-corrected chi connectivity index (χ3v) is 8.23. The number of hydrazone groups is 1. The summed E-state index contributed by atoms with van der Waals surface area (Å²) in [5.74, 6) is -2.44. The summed E-state index contributed by atoms with van der Waals surface area (Å²) in [6.45, 7) is 1.14. The van der Waals surface area contributed by atoms with Crippen LogP contribution < -0.4 is 14.9 Å². The highest BCUT2D eigenvalue weighted by Crippen LogP contribution is 2.45. The van der Waals surface area contributed by atoms with Crippen LogP contribution in [-0.4, -0.2) is 72.8 Å². The number of fused-ring (bicyclic) bond motifs is 1. The summed E-state index contributed by atoms with van der Waals surface area (Å²) in [6.07, 6.45) is 0.530. The van der Waals surface area contributed by atoms with E-state index in [1.165, 1.54) is 26.4 Å². The molecule has 0 spiro atoms. The second-order valence-electron chi connectivity index (χ2n) is 6.79. The first-order valence-corrected chi connectivity index (χ1v) is 10.5. The van der Waals surface area contributed by atoms with E-state index in [0.717, 1.165) is 18.0 Å². The maximum absolute atomic E-state index is 12.8. The quantitative estimate of drug-likeness (QED) is 0.349. The normalized spacial score (nSPS) is 26.8. The van der Waals surface area contributed by atoms with Crippen LogP contribution in [0, 0.1) is 0 Å². The summed E-state index contributed by atoms with van der Waals surface area (Å²) >= 11 is 6.16. The summed E-state index contributed by atoms with van der Waals surface area (Å²) in [4.78, 5) is 36.7. The van der Waals surface area contributed by atoms with Gasteiger partial charge in [-0.3, -0.25) is 9.59 Å². The zero-order valence-electron chi connectivity index (χ0n) is 16.1. The van der Waals surface area contributed by atoms with Crippen molar-refractivity contribution in [1.82, 2.24) is 10.3 Å². The van der Waals surface area contributed by atoms with E-state index in [1.807, 2.05) is 0 Å². The van der Waals surface area contributed by atoms with E-state index < -0.39 is 43.8 Å².